The zero-order valence-corrected chi connectivity index (χ0v) is 14.3. The van der Waals surface area contributed by atoms with Crippen molar-refractivity contribution in [3.8, 4) is 5.75 Å². The smallest absolute Gasteiger partial charge is 0.285 e. The quantitative estimate of drug-likeness (QED) is 0.645. The van der Waals surface area contributed by atoms with E-state index < -0.39 is 10.0 Å². The lowest BCUT2D eigenvalue weighted by atomic mass is 10.2. The fourth-order valence-electron chi connectivity index (χ4n) is 2.49. The van der Waals surface area contributed by atoms with Crippen molar-refractivity contribution in [2.24, 2.45) is 9.50 Å². The van der Waals surface area contributed by atoms with Gasteiger partial charge >= 0.3 is 0 Å². The number of para-hydroxylation sites is 1. The van der Waals surface area contributed by atoms with Crippen LogP contribution in [-0.4, -0.2) is 50.8 Å². The molecular formula is C17H17N3O4S. The molecule has 1 heterocycles. The third-order valence-corrected chi connectivity index (χ3v) is 4.97. The first-order valence-electron chi connectivity index (χ1n) is 7.56. The number of nitrogens with zero attached hydrogens (tertiary/aromatic N) is 3. The molecule has 0 amide bonds. The molecule has 2 aromatic rings. The number of benzene rings is 2. The summed E-state index contributed by atoms with van der Waals surface area (Å²) < 4.78 is 33.5. The number of rotatable bonds is 5. The number of aliphatic hydroxyl groups is 1. The highest BCUT2D eigenvalue weighted by Crippen LogP contribution is 2.27. The van der Waals surface area contributed by atoms with Gasteiger partial charge in [-0.1, -0.05) is 24.3 Å². The van der Waals surface area contributed by atoms with Crippen molar-refractivity contribution in [1.82, 2.24) is 5.01 Å². The predicted octanol–water partition coefficient (Wildman–Crippen LogP) is 1.47. The van der Waals surface area contributed by atoms with Crippen LogP contribution in [0.4, 0.5) is 0 Å². The van der Waals surface area contributed by atoms with Gasteiger partial charge in [-0.2, -0.15) is 13.5 Å². The van der Waals surface area contributed by atoms with Gasteiger partial charge in [0.25, 0.3) is 10.0 Å². The van der Waals surface area contributed by atoms with Gasteiger partial charge in [0.05, 0.1) is 26.5 Å². The Morgan fingerprint density at radius 1 is 1.20 bits per heavy atom. The van der Waals surface area contributed by atoms with E-state index in [0.29, 0.717) is 11.3 Å². The summed E-state index contributed by atoms with van der Waals surface area (Å²) in [5, 5.41) is 15.0. The van der Waals surface area contributed by atoms with E-state index in [1.165, 1.54) is 11.1 Å². The lowest BCUT2D eigenvalue weighted by molar-refractivity contribution is 0.254. The monoisotopic (exact) mass is 359 g/mol. The van der Waals surface area contributed by atoms with Gasteiger partial charge in [-0.3, -0.25) is 0 Å². The third-order valence-electron chi connectivity index (χ3n) is 3.64. The highest BCUT2D eigenvalue weighted by molar-refractivity contribution is 7.90. The van der Waals surface area contributed by atoms with E-state index in [4.69, 9.17) is 4.74 Å². The minimum atomic E-state index is -3.75. The Balaban J connectivity index is 1.99. The number of methoxy groups -OCH3 is 1. The van der Waals surface area contributed by atoms with E-state index in [-0.39, 0.29) is 23.9 Å². The van der Waals surface area contributed by atoms with Crippen LogP contribution >= 0.6 is 0 Å². The zero-order valence-electron chi connectivity index (χ0n) is 13.5. The lowest BCUT2D eigenvalue weighted by Gasteiger charge is -2.17. The van der Waals surface area contributed by atoms with Crippen LogP contribution in [0.1, 0.15) is 11.1 Å². The number of aliphatic hydroxyl groups excluding tert-OH is 1. The van der Waals surface area contributed by atoms with Crippen LogP contribution in [0, 0.1) is 0 Å². The minimum absolute atomic E-state index is 0.105. The SMILES string of the molecule is COc1ccccc1C=NN(CCO)C1=NS(=O)(=O)c2ccccc21. The molecule has 1 N–H and O–H groups in total. The number of ether oxygens (including phenoxy) is 1. The van der Waals surface area contributed by atoms with E-state index in [9.17, 15) is 13.5 Å². The largest absolute Gasteiger partial charge is 0.496 e. The third kappa shape index (κ3) is 3.40. The van der Waals surface area contributed by atoms with Gasteiger partial charge in [0, 0.05) is 11.1 Å². The summed E-state index contributed by atoms with van der Waals surface area (Å²) in [6.07, 6.45) is 1.55. The number of amidine groups is 1. The summed E-state index contributed by atoms with van der Waals surface area (Å²) >= 11 is 0. The molecule has 0 saturated carbocycles. The molecule has 0 spiro atoms. The standard InChI is InChI=1S/C17H17N3O4S/c1-24-15-8-4-2-6-13(15)12-18-20(10-11-21)17-14-7-3-5-9-16(14)25(22,23)19-17/h2-9,12,21H,10-11H2,1H3. The van der Waals surface area contributed by atoms with Crippen LogP contribution in [-0.2, 0) is 10.0 Å². The molecule has 0 fully saturated rings. The number of hydrogen-bond acceptors (Lipinski definition) is 6. The Kier molecular flexibility index (Phi) is 4.82. The highest BCUT2D eigenvalue weighted by atomic mass is 32.2. The van der Waals surface area contributed by atoms with Crippen molar-refractivity contribution in [3.05, 3.63) is 59.7 Å². The average Bonchev–Trinajstić information content (AvgIpc) is 2.90. The number of hydrazone groups is 1. The molecule has 0 bridgehead atoms. The van der Waals surface area contributed by atoms with Crippen LogP contribution < -0.4 is 4.74 Å². The maximum Gasteiger partial charge on any atom is 0.285 e. The second kappa shape index (κ2) is 7.04. The van der Waals surface area contributed by atoms with Crippen LogP contribution in [0.25, 0.3) is 0 Å². The first-order valence-corrected chi connectivity index (χ1v) is 9.00. The van der Waals surface area contributed by atoms with E-state index in [0.717, 1.165) is 5.56 Å². The zero-order chi connectivity index (χ0) is 17.9. The Labute approximate surface area is 145 Å². The van der Waals surface area contributed by atoms with Gasteiger partial charge in [-0.15, -0.1) is 4.40 Å². The van der Waals surface area contributed by atoms with E-state index in [1.807, 2.05) is 18.2 Å². The van der Waals surface area contributed by atoms with E-state index >= 15 is 0 Å². The van der Waals surface area contributed by atoms with Crippen LogP contribution in [0.5, 0.6) is 5.75 Å². The van der Waals surface area contributed by atoms with Gasteiger partial charge in [-0.05, 0) is 24.3 Å². The number of hydrogen-bond donors (Lipinski definition) is 1. The van der Waals surface area contributed by atoms with Crippen molar-refractivity contribution >= 4 is 22.1 Å². The second-order valence-electron chi connectivity index (χ2n) is 5.22. The van der Waals surface area contributed by atoms with Crippen LogP contribution in [0.2, 0.25) is 0 Å². The fourth-order valence-corrected chi connectivity index (χ4v) is 3.70. The minimum Gasteiger partial charge on any atom is -0.496 e. The molecule has 1 aliphatic rings. The predicted molar refractivity (Wildman–Crippen MR) is 94.5 cm³/mol. The Hall–Kier alpha value is -2.71. The summed E-state index contributed by atoms with van der Waals surface area (Å²) in [4.78, 5) is 0.139. The molecule has 0 unspecified atom stereocenters. The van der Waals surface area contributed by atoms with Crippen molar-refractivity contribution in [2.45, 2.75) is 4.90 Å². The second-order valence-corrected chi connectivity index (χ2v) is 6.79. The lowest BCUT2D eigenvalue weighted by Crippen LogP contribution is -2.28. The molecule has 1 aliphatic heterocycles. The van der Waals surface area contributed by atoms with Gasteiger partial charge in [0.1, 0.15) is 10.6 Å². The van der Waals surface area contributed by atoms with Crippen molar-refractivity contribution in [2.75, 3.05) is 20.3 Å². The Bertz CT molecular complexity index is 938. The molecule has 0 saturated heterocycles. The van der Waals surface area contributed by atoms with Crippen LogP contribution in [0.15, 0.2) is 62.9 Å². The van der Waals surface area contributed by atoms with E-state index in [1.54, 1.807) is 37.6 Å². The molecule has 25 heavy (non-hydrogen) atoms. The molecular weight excluding hydrogens is 342 g/mol. The van der Waals surface area contributed by atoms with Gasteiger partial charge in [0.2, 0.25) is 0 Å². The van der Waals surface area contributed by atoms with Gasteiger partial charge in [-0.25, -0.2) is 5.01 Å². The summed E-state index contributed by atoms with van der Waals surface area (Å²) in [5.41, 5.74) is 1.19. The van der Waals surface area contributed by atoms with Crippen molar-refractivity contribution < 1.29 is 18.3 Å². The molecule has 2 aromatic carbocycles. The molecule has 130 valence electrons. The van der Waals surface area contributed by atoms with Gasteiger partial charge < -0.3 is 9.84 Å². The molecule has 3 rings (SSSR count). The topological polar surface area (TPSA) is 91.6 Å². The summed E-state index contributed by atoms with van der Waals surface area (Å²) in [5.74, 6) is 0.826. The maximum atomic E-state index is 12.2. The highest BCUT2D eigenvalue weighted by Gasteiger charge is 2.31. The summed E-state index contributed by atoms with van der Waals surface area (Å²) in [6, 6.07) is 13.8. The summed E-state index contributed by atoms with van der Waals surface area (Å²) in [7, 11) is -2.19. The first-order chi connectivity index (χ1) is 12.1. The van der Waals surface area contributed by atoms with Crippen LogP contribution in [0.3, 0.4) is 0 Å². The average molecular weight is 359 g/mol. The number of fused-ring (bicyclic) bond motifs is 1. The number of sulfonamides is 1. The maximum absolute atomic E-state index is 12.2. The van der Waals surface area contributed by atoms with Crippen molar-refractivity contribution in [1.29, 1.82) is 0 Å². The molecule has 7 nitrogen and oxygen atoms in total. The first kappa shape index (κ1) is 17.1. The molecule has 0 radical (unpaired) electrons. The summed E-state index contributed by atoms with van der Waals surface area (Å²) in [6.45, 7) is -0.0984. The van der Waals surface area contributed by atoms with E-state index in [2.05, 4.69) is 9.50 Å². The van der Waals surface area contributed by atoms with Crippen molar-refractivity contribution in [3.63, 3.8) is 0 Å². The normalized spacial score (nSPS) is 15.0. The Morgan fingerprint density at radius 2 is 1.92 bits per heavy atom. The molecule has 0 atom stereocenters. The fraction of sp³-hybridized carbons (Fsp3) is 0.176. The van der Waals surface area contributed by atoms with Gasteiger partial charge in [0.15, 0.2) is 5.84 Å². The Morgan fingerprint density at radius 3 is 2.68 bits per heavy atom. The molecule has 0 aromatic heterocycles. The molecule has 8 heteroatoms. The molecule has 0 aliphatic carbocycles.